The van der Waals surface area contributed by atoms with Gasteiger partial charge in [-0.3, -0.25) is 10.1 Å². The van der Waals surface area contributed by atoms with Crippen molar-refractivity contribution in [3.8, 4) is 0 Å². The molecule has 18 heavy (non-hydrogen) atoms. The summed E-state index contributed by atoms with van der Waals surface area (Å²) in [5, 5.41) is 13.6. The van der Waals surface area contributed by atoms with E-state index in [0.717, 1.165) is 33.4 Å². The van der Waals surface area contributed by atoms with Gasteiger partial charge in [-0.25, -0.2) is 0 Å². The van der Waals surface area contributed by atoms with Gasteiger partial charge >= 0.3 is 0 Å². The number of hydrogen-bond donors (Lipinski definition) is 1. The Morgan fingerprint density at radius 2 is 1.94 bits per heavy atom. The van der Waals surface area contributed by atoms with Crippen molar-refractivity contribution in [2.45, 2.75) is 0 Å². The van der Waals surface area contributed by atoms with Crippen molar-refractivity contribution in [3.05, 3.63) is 64.5 Å². The first-order valence-corrected chi connectivity index (χ1v) is 5.56. The molecule has 0 aliphatic carbocycles. The predicted molar refractivity (Wildman–Crippen MR) is 71.8 cm³/mol. The van der Waals surface area contributed by atoms with Crippen LogP contribution in [0.25, 0.3) is 27.8 Å². The summed E-state index contributed by atoms with van der Waals surface area (Å²) in [5.41, 5.74) is 1.84. The van der Waals surface area contributed by atoms with Gasteiger partial charge < -0.3 is 4.98 Å². The Kier molecular flexibility index (Phi) is 2.34. The quantitative estimate of drug-likeness (QED) is 0.548. The maximum atomic E-state index is 10.4. The summed E-state index contributed by atoms with van der Waals surface area (Å²) >= 11 is 0. The fraction of sp³-hybridized carbons (Fsp3) is 0. The first-order valence-electron chi connectivity index (χ1n) is 5.56. The lowest BCUT2D eigenvalue weighted by Crippen LogP contribution is -1.81. The molecule has 0 radical (unpaired) electrons. The second-order valence-corrected chi connectivity index (χ2v) is 4.05. The van der Waals surface area contributed by atoms with Crippen LogP contribution in [-0.4, -0.2) is 9.91 Å². The van der Waals surface area contributed by atoms with Gasteiger partial charge in [-0.1, -0.05) is 36.4 Å². The Hall–Kier alpha value is -2.62. The number of aromatic amines is 1. The Labute approximate surface area is 103 Å². The fourth-order valence-corrected chi connectivity index (χ4v) is 2.17. The van der Waals surface area contributed by atoms with Gasteiger partial charge in [0.2, 0.25) is 6.20 Å². The maximum Gasteiger partial charge on any atom is 0.235 e. The minimum Gasteiger partial charge on any atom is -0.360 e. The Bertz CT molecular complexity index is 772. The lowest BCUT2D eigenvalue weighted by molar-refractivity contribution is -0.400. The van der Waals surface area contributed by atoms with Gasteiger partial charge in [0.25, 0.3) is 0 Å². The molecule has 4 heteroatoms. The Morgan fingerprint density at radius 1 is 1.11 bits per heavy atom. The van der Waals surface area contributed by atoms with Gasteiger partial charge in [-0.15, -0.1) is 0 Å². The smallest absolute Gasteiger partial charge is 0.235 e. The molecule has 1 N–H and O–H groups in total. The summed E-state index contributed by atoms with van der Waals surface area (Å²) in [6.45, 7) is 0. The SMILES string of the molecule is O=[N+]([O-])/C=C/c1c[nH]c2c1ccc1ccccc12. The molecule has 3 aromatic rings. The van der Waals surface area contributed by atoms with E-state index in [1.165, 1.54) is 6.08 Å². The van der Waals surface area contributed by atoms with E-state index in [9.17, 15) is 10.1 Å². The highest BCUT2D eigenvalue weighted by Gasteiger charge is 2.05. The zero-order chi connectivity index (χ0) is 12.5. The second-order valence-electron chi connectivity index (χ2n) is 4.05. The lowest BCUT2D eigenvalue weighted by Gasteiger charge is -1.99. The van der Waals surface area contributed by atoms with Crippen LogP contribution in [0.2, 0.25) is 0 Å². The van der Waals surface area contributed by atoms with Gasteiger partial charge in [0.1, 0.15) is 0 Å². The summed E-state index contributed by atoms with van der Waals surface area (Å²) in [6.07, 6.45) is 4.25. The fourth-order valence-electron chi connectivity index (χ4n) is 2.17. The summed E-state index contributed by atoms with van der Waals surface area (Å²) in [5.74, 6) is 0. The van der Waals surface area contributed by atoms with Crippen molar-refractivity contribution in [2.24, 2.45) is 0 Å². The van der Waals surface area contributed by atoms with E-state index in [1.807, 2.05) is 36.4 Å². The molecule has 0 unspecified atom stereocenters. The molecular formula is C14H10N2O2. The van der Waals surface area contributed by atoms with E-state index in [4.69, 9.17) is 0 Å². The molecule has 0 spiro atoms. The highest BCUT2D eigenvalue weighted by atomic mass is 16.6. The molecule has 88 valence electrons. The van der Waals surface area contributed by atoms with Crippen LogP contribution in [0, 0.1) is 10.1 Å². The molecule has 1 heterocycles. The minimum atomic E-state index is -0.458. The Morgan fingerprint density at radius 3 is 2.78 bits per heavy atom. The van der Waals surface area contributed by atoms with Gasteiger partial charge in [0, 0.05) is 28.6 Å². The summed E-state index contributed by atoms with van der Waals surface area (Å²) < 4.78 is 0. The molecule has 0 amide bonds. The monoisotopic (exact) mass is 238 g/mol. The summed E-state index contributed by atoms with van der Waals surface area (Å²) in [6, 6.07) is 12.1. The highest BCUT2D eigenvalue weighted by molar-refractivity contribution is 6.08. The van der Waals surface area contributed by atoms with Crippen molar-refractivity contribution < 1.29 is 4.92 Å². The van der Waals surface area contributed by atoms with Crippen LogP contribution in [0.15, 0.2) is 48.8 Å². The third-order valence-corrected chi connectivity index (χ3v) is 2.99. The van der Waals surface area contributed by atoms with Gasteiger partial charge in [0.05, 0.1) is 10.4 Å². The van der Waals surface area contributed by atoms with Crippen molar-refractivity contribution in [2.75, 3.05) is 0 Å². The van der Waals surface area contributed by atoms with Gasteiger partial charge in [-0.05, 0) is 5.39 Å². The van der Waals surface area contributed by atoms with E-state index in [1.54, 1.807) is 6.20 Å². The number of nitrogens with zero attached hydrogens (tertiary/aromatic N) is 1. The first kappa shape index (κ1) is 10.5. The molecule has 0 saturated heterocycles. The number of rotatable bonds is 2. The van der Waals surface area contributed by atoms with Crippen LogP contribution in [0.3, 0.4) is 0 Å². The molecule has 0 aliphatic rings. The standard InChI is InChI=1S/C14H10N2O2/c17-16(18)8-7-11-9-15-14-12-4-2-1-3-10(12)5-6-13(11)14/h1-9,15H/b8-7+. The zero-order valence-electron chi connectivity index (χ0n) is 9.46. The van der Waals surface area contributed by atoms with E-state index in [-0.39, 0.29) is 0 Å². The molecule has 2 aromatic carbocycles. The summed E-state index contributed by atoms with van der Waals surface area (Å²) in [4.78, 5) is 13.1. The van der Waals surface area contributed by atoms with Crippen molar-refractivity contribution in [1.82, 2.24) is 4.98 Å². The molecule has 0 atom stereocenters. The average molecular weight is 238 g/mol. The molecule has 0 bridgehead atoms. The highest BCUT2D eigenvalue weighted by Crippen LogP contribution is 2.27. The largest absolute Gasteiger partial charge is 0.360 e. The number of aromatic nitrogens is 1. The van der Waals surface area contributed by atoms with Crippen LogP contribution in [-0.2, 0) is 0 Å². The zero-order valence-corrected chi connectivity index (χ0v) is 9.46. The predicted octanol–water partition coefficient (Wildman–Crippen LogP) is 3.57. The van der Waals surface area contributed by atoms with Gasteiger partial charge in [-0.2, -0.15) is 0 Å². The number of benzene rings is 2. The topological polar surface area (TPSA) is 58.9 Å². The van der Waals surface area contributed by atoms with Crippen LogP contribution in [0.4, 0.5) is 0 Å². The second kappa shape index (κ2) is 4.00. The maximum absolute atomic E-state index is 10.4. The third-order valence-electron chi connectivity index (χ3n) is 2.99. The number of hydrogen-bond acceptors (Lipinski definition) is 2. The van der Waals surface area contributed by atoms with Crippen molar-refractivity contribution in [1.29, 1.82) is 0 Å². The van der Waals surface area contributed by atoms with Gasteiger partial charge in [0.15, 0.2) is 0 Å². The van der Waals surface area contributed by atoms with Crippen LogP contribution < -0.4 is 0 Å². The summed E-state index contributed by atoms with van der Waals surface area (Å²) in [7, 11) is 0. The third kappa shape index (κ3) is 1.64. The van der Waals surface area contributed by atoms with Crippen molar-refractivity contribution in [3.63, 3.8) is 0 Å². The van der Waals surface area contributed by atoms with Crippen LogP contribution in [0.1, 0.15) is 5.56 Å². The number of fused-ring (bicyclic) bond motifs is 3. The van der Waals surface area contributed by atoms with Crippen LogP contribution >= 0.6 is 0 Å². The minimum absolute atomic E-state index is 0.458. The molecule has 0 aliphatic heterocycles. The number of nitrogens with one attached hydrogen (secondary N) is 1. The molecular weight excluding hydrogens is 228 g/mol. The van der Waals surface area contributed by atoms with E-state index < -0.39 is 4.92 Å². The normalized spacial score (nSPS) is 11.6. The lowest BCUT2D eigenvalue weighted by atomic mass is 10.1. The molecule has 3 rings (SSSR count). The average Bonchev–Trinajstić information content (AvgIpc) is 2.80. The van der Waals surface area contributed by atoms with Crippen molar-refractivity contribution >= 4 is 27.8 Å². The first-order chi connectivity index (χ1) is 8.75. The number of nitro groups is 1. The van der Waals surface area contributed by atoms with Crippen LogP contribution in [0.5, 0.6) is 0 Å². The molecule has 4 nitrogen and oxygen atoms in total. The number of H-pyrrole nitrogens is 1. The Balaban J connectivity index is 2.26. The van der Waals surface area contributed by atoms with E-state index in [2.05, 4.69) is 4.98 Å². The van der Waals surface area contributed by atoms with E-state index >= 15 is 0 Å². The molecule has 0 fully saturated rings. The molecule has 1 aromatic heterocycles. The molecule has 0 saturated carbocycles. The van der Waals surface area contributed by atoms with E-state index in [0.29, 0.717) is 0 Å².